The maximum absolute atomic E-state index is 12.5. The summed E-state index contributed by atoms with van der Waals surface area (Å²) in [6.07, 6.45) is 3.86. The quantitative estimate of drug-likeness (QED) is 0.831. The fourth-order valence-corrected chi connectivity index (χ4v) is 3.05. The summed E-state index contributed by atoms with van der Waals surface area (Å²) in [5, 5.41) is 0. The predicted octanol–water partition coefficient (Wildman–Crippen LogP) is 2.91. The number of nitrogens with two attached hydrogens (primary N) is 1. The minimum atomic E-state index is 0.206. The van der Waals surface area contributed by atoms with Gasteiger partial charge in [-0.1, -0.05) is 17.7 Å². The number of likely N-dealkylation sites (tertiary alicyclic amines) is 1. The number of piperidine rings is 1. The molecular formula is C16H24N2O. The Morgan fingerprint density at radius 1 is 1.32 bits per heavy atom. The van der Waals surface area contributed by atoms with Gasteiger partial charge < -0.3 is 10.6 Å². The molecule has 19 heavy (non-hydrogen) atoms. The normalized spacial score (nSPS) is 23.4. The summed E-state index contributed by atoms with van der Waals surface area (Å²) in [4.78, 5) is 14.6. The number of carbonyl (C=O) groups excluding carboxylic acids is 1. The third-order valence-electron chi connectivity index (χ3n) is 4.12. The van der Waals surface area contributed by atoms with E-state index in [9.17, 15) is 4.79 Å². The van der Waals surface area contributed by atoms with Gasteiger partial charge in [0.2, 0.25) is 5.91 Å². The molecule has 1 aliphatic heterocycles. The molecule has 0 unspecified atom stereocenters. The van der Waals surface area contributed by atoms with Crippen LogP contribution >= 0.6 is 0 Å². The number of anilines is 1. The first-order chi connectivity index (χ1) is 8.99. The van der Waals surface area contributed by atoms with Crippen LogP contribution in [0.2, 0.25) is 0 Å². The molecule has 1 fully saturated rings. The van der Waals surface area contributed by atoms with E-state index in [0.717, 1.165) is 29.7 Å². The molecule has 0 spiro atoms. The molecular weight excluding hydrogens is 236 g/mol. The highest BCUT2D eigenvalue weighted by molar-refractivity contribution is 5.81. The molecule has 1 aliphatic rings. The Bertz CT molecular complexity index is 460. The van der Waals surface area contributed by atoms with Gasteiger partial charge >= 0.3 is 0 Å². The molecule has 1 aromatic carbocycles. The van der Waals surface area contributed by atoms with Crippen LogP contribution in [0.5, 0.6) is 0 Å². The predicted molar refractivity (Wildman–Crippen MR) is 78.9 cm³/mol. The lowest BCUT2D eigenvalue weighted by Crippen LogP contribution is -2.48. The smallest absolute Gasteiger partial charge is 0.227 e. The lowest BCUT2D eigenvalue weighted by Gasteiger charge is -2.39. The monoisotopic (exact) mass is 260 g/mol. The zero-order valence-corrected chi connectivity index (χ0v) is 12.1. The van der Waals surface area contributed by atoms with E-state index < -0.39 is 0 Å². The molecule has 0 aromatic heterocycles. The van der Waals surface area contributed by atoms with E-state index in [1.165, 1.54) is 6.42 Å². The largest absolute Gasteiger partial charge is 0.398 e. The summed E-state index contributed by atoms with van der Waals surface area (Å²) in [5.74, 6) is 0.206. The zero-order chi connectivity index (χ0) is 14.0. The average Bonchev–Trinajstić information content (AvgIpc) is 2.33. The number of amides is 1. The summed E-state index contributed by atoms with van der Waals surface area (Å²) in [6, 6.07) is 6.59. The van der Waals surface area contributed by atoms with Crippen molar-refractivity contribution in [2.45, 2.75) is 58.5 Å². The summed E-state index contributed by atoms with van der Waals surface area (Å²) >= 11 is 0. The fourth-order valence-electron chi connectivity index (χ4n) is 3.05. The van der Waals surface area contributed by atoms with E-state index in [4.69, 9.17) is 5.73 Å². The van der Waals surface area contributed by atoms with E-state index in [-0.39, 0.29) is 5.91 Å². The maximum Gasteiger partial charge on any atom is 0.227 e. The lowest BCUT2D eigenvalue weighted by molar-refractivity contribution is -0.136. The van der Waals surface area contributed by atoms with Gasteiger partial charge in [-0.3, -0.25) is 4.79 Å². The summed E-state index contributed by atoms with van der Waals surface area (Å²) in [5.41, 5.74) is 8.79. The van der Waals surface area contributed by atoms with Crippen LogP contribution in [0.25, 0.3) is 0 Å². The van der Waals surface area contributed by atoms with Crippen molar-refractivity contribution in [3.63, 3.8) is 0 Å². The number of nitrogen functional groups attached to an aromatic ring is 1. The van der Waals surface area contributed by atoms with Gasteiger partial charge in [0.1, 0.15) is 0 Å². The molecule has 1 saturated heterocycles. The van der Waals surface area contributed by atoms with Gasteiger partial charge in [-0.2, -0.15) is 0 Å². The van der Waals surface area contributed by atoms with Gasteiger partial charge in [0.25, 0.3) is 0 Å². The van der Waals surface area contributed by atoms with Crippen molar-refractivity contribution in [2.24, 2.45) is 0 Å². The Labute approximate surface area is 115 Å². The summed E-state index contributed by atoms with van der Waals surface area (Å²) in [7, 11) is 0. The first-order valence-corrected chi connectivity index (χ1v) is 7.15. The highest BCUT2D eigenvalue weighted by Crippen LogP contribution is 2.24. The van der Waals surface area contributed by atoms with Crippen LogP contribution in [-0.2, 0) is 11.2 Å². The molecule has 1 heterocycles. The molecule has 2 atom stereocenters. The first kappa shape index (κ1) is 13.9. The molecule has 3 heteroatoms. The number of rotatable bonds is 2. The van der Waals surface area contributed by atoms with Crippen molar-refractivity contribution in [3.05, 3.63) is 29.3 Å². The molecule has 0 bridgehead atoms. The molecule has 2 N–H and O–H groups in total. The number of nitrogens with zero attached hydrogens (tertiary/aromatic N) is 1. The van der Waals surface area contributed by atoms with E-state index in [0.29, 0.717) is 18.5 Å². The van der Waals surface area contributed by atoms with Crippen molar-refractivity contribution in [1.82, 2.24) is 4.90 Å². The number of aryl methyl sites for hydroxylation is 1. The van der Waals surface area contributed by atoms with Crippen molar-refractivity contribution < 1.29 is 4.79 Å². The molecule has 2 rings (SSSR count). The topological polar surface area (TPSA) is 46.3 Å². The van der Waals surface area contributed by atoms with Crippen LogP contribution in [0.15, 0.2) is 18.2 Å². The Kier molecular flexibility index (Phi) is 4.13. The van der Waals surface area contributed by atoms with Gasteiger partial charge in [0, 0.05) is 17.8 Å². The average molecular weight is 260 g/mol. The Morgan fingerprint density at radius 3 is 2.58 bits per heavy atom. The zero-order valence-electron chi connectivity index (χ0n) is 12.1. The van der Waals surface area contributed by atoms with Crippen LogP contribution in [0, 0.1) is 6.92 Å². The first-order valence-electron chi connectivity index (χ1n) is 7.15. The Balaban J connectivity index is 2.13. The second-order valence-electron chi connectivity index (χ2n) is 5.81. The van der Waals surface area contributed by atoms with Crippen LogP contribution in [-0.4, -0.2) is 22.9 Å². The van der Waals surface area contributed by atoms with Crippen molar-refractivity contribution in [1.29, 1.82) is 0 Å². The third-order valence-corrected chi connectivity index (χ3v) is 4.12. The molecule has 3 nitrogen and oxygen atoms in total. The highest BCUT2D eigenvalue weighted by Gasteiger charge is 2.28. The number of benzene rings is 1. The Hall–Kier alpha value is -1.51. The van der Waals surface area contributed by atoms with Crippen molar-refractivity contribution >= 4 is 11.6 Å². The number of hydrogen-bond acceptors (Lipinski definition) is 2. The van der Waals surface area contributed by atoms with Gasteiger partial charge in [-0.25, -0.2) is 0 Å². The second-order valence-corrected chi connectivity index (χ2v) is 5.81. The van der Waals surface area contributed by atoms with E-state index >= 15 is 0 Å². The summed E-state index contributed by atoms with van der Waals surface area (Å²) in [6.45, 7) is 6.32. The van der Waals surface area contributed by atoms with Gasteiger partial charge in [0.15, 0.2) is 0 Å². The molecule has 0 aliphatic carbocycles. The minimum Gasteiger partial charge on any atom is -0.398 e. The van der Waals surface area contributed by atoms with Gasteiger partial charge in [-0.15, -0.1) is 0 Å². The number of hydrogen-bond donors (Lipinski definition) is 1. The van der Waals surface area contributed by atoms with Gasteiger partial charge in [0.05, 0.1) is 6.42 Å². The molecule has 0 saturated carbocycles. The molecule has 1 amide bonds. The molecule has 104 valence electrons. The SMILES string of the molecule is Cc1ccc(N)c(CC(=O)N2[C@H](C)CCC[C@H]2C)c1. The van der Waals surface area contributed by atoms with E-state index in [1.54, 1.807) is 0 Å². The van der Waals surface area contributed by atoms with Gasteiger partial charge in [-0.05, 0) is 51.7 Å². The minimum absolute atomic E-state index is 0.206. The fraction of sp³-hybridized carbons (Fsp3) is 0.562. The summed E-state index contributed by atoms with van der Waals surface area (Å²) < 4.78 is 0. The lowest BCUT2D eigenvalue weighted by atomic mass is 9.96. The highest BCUT2D eigenvalue weighted by atomic mass is 16.2. The van der Waals surface area contributed by atoms with Crippen LogP contribution in [0.3, 0.4) is 0 Å². The third kappa shape index (κ3) is 3.09. The van der Waals surface area contributed by atoms with Crippen LogP contribution < -0.4 is 5.73 Å². The van der Waals surface area contributed by atoms with E-state index in [2.05, 4.69) is 13.8 Å². The van der Waals surface area contributed by atoms with Crippen molar-refractivity contribution in [2.75, 3.05) is 5.73 Å². The Morgan fingerprint density at radius 2 is 1.95 bits per heavy atom. The van der Waals surface area contributed by atoms with Crippen molar-refractivity contribution in [3.8, 4) is 0 Å². The standard InChI is InChI=1S/C16H24N2O/c1-11-7-8-15(17)14(9-11)10-16(19)18-12(2)5-4-6-13(18)3/h7-9,12-13H,4-6,10,17H2,1-3H3/t12-,13-/m1/s1. The van der Waals surface area contributed by atoms with E-state index in [1.807, 2.05) is 30.0 Å². The van der Waals surface area contributed by atoms with Crippen LogP contribution in [0.4, 0.5) is 5.69 Å². The molecule has 1 aromatic rings. The van der Waals surface area contributed by atoms with Crippen LogP contribution in [0.1, 0.15) is 44.2 Å². The number of carbonyl (C=O) groups is 1. The maximum atomic E-state index is 12.5. The molecule has 0 radical (unpaired) electrons. The second kappa shape index (κ2) is 5.64.